The molecule has 70 valence electrons. The number of nitrogens with zero attached hydrogens (tertiary/aromatic N) is 1. The van der Waals surface area contributed by atoms with Crippen LogP contribution in [0.1, 0.15) is 0 Å². The van der Waals surface area contributed by atoms with Crippen molar-refractivity contribution >= 4 is 39.0 Å². The first-order chi connectivity index (χ1) is 5.79. The van der Waals surface area contributed by atoms with E-state index in [0.29, 0.717) is 0 Å². The van der Waals surface area contributed by atoms with Crippen molar-refractivity contribution in [3.05, 3.63) is 18.2 Å². The number of nitrogens with two attached hydrogens (primary N) is 1. The Morgan fingerprint density at radius 3 is 2.92 bits per heavy atom. The van der Waals surface area contributed by atoms with E-state index >= 15 is 0 Å². The molecule has 0 aliphatic heterocycles. The molecule has 4 N–H and O–H groups in total. The van der Waals surface area contributed by atoms with Crippen LogP contribution < -0.4 is 5.73 Å². The number of thiazole rings is 1. The lowest BCUT2D eigenvalue weighted by molar-refractivity contribution is 0.824. The van der Waals surface area contributed by atoms with Crippen molar-refractivity contribution in [2.45, 2.75) is 4.34 Å². The molecular weight excluding hydrogens is 204 g/mol. The van der Waals surface area contributed by atoms with Gasteiger partial charge >= 0.3 is 0 Å². The molecule has 0 fully saturated rings. The highest BCUT2D eigenvalue weighted by atomic mass is 32.2. The van der Waals surface area contributed by atoms with Gasteiger partial charge in [0.15, 0.2) is 4.34 Å². The van der Waals surface area contributed by atoms with Crippen molar-refractivity contribution in [1.82, 2.24) is 4.98 Å². The van der Waals surface area contributed by atoms with Crippen molar-refractivity contribution in [1.29, 1.82) is 0 Å². The molecule has 0 saturated carbocycles. The van der Waals surface area contributed by atoms with Crippen LogP contribution in [0.15, 0.2) is 22.5 Å². The minimum absolute atomic E-state index is 0. The molecule has 0 aliphatic rings. The Kier molecular flexibility index (Phi) is 3.13. The average molecular weight is 214 g/mol. The number of anilines is 1. The summed E-state index contributed by atoms with van der Waals surface area (Å²) in [5.74, 6) is 0. The molecule has 0 atom stereocenters. The molecule has 0 aliphatic carbocycles. The second-order valence-electron chi connectivity index (χ2n) is 2.41. The Labute approximate surface area is 84.3 Å². The fourth-order valence-electron chi connectivity index (χ4n) is 1.01. The maximum absolute atomic E-state index is 5.65. The van der Waals surface area contributed by atoms with E-state index in [1.165, 1.54) is 4.70 Å². The molecule has 13 heavy (non-hydrogen) atoms. The summed E-state index contributed by atoms with van der Waals surface area (Å²) >= 11 is 3.35. The molecule has 0 saturated heterocycles. The van der Waals surface area contributed by atoms with Gasteiger partial charge in [0, 0.05) is 5.69 Å². The maximum Gasteiger partial charge on any atom is 0.150 e. The second kappa shape index (κ2) is 3.95. The molecule has 1 aromatic heterocycles. The van der Waals surface area contributed by atoms with Crippen LogP contribution in [0.3, 0.4) is 0 Å². The van der Waals surface area contributed by atoms with Gasteiger partial charge in [0.05, 0.1) is 10.2 Å². The van der Waals surface area contributed by atoms with Crippen LogP contribution in [-0.2, 0) is 0 Å². The van der Waals surface area contributed by atoms with E-state index in [2.05, 4.69) is 4.98 Å². The van der Waals surface area contributed by atoms with Gasteiger partial charge in [-0.05, 0) is 24.5 Å². The lowest BCUT2D eigenvalue weighted by Crippen LogP contribution is -1.81. The summed E-state index contributed by atoms with van der Waals surface area (Å²) in [6.45, 7) is 0. The minimum Gasteiger partial charge on any atom is -0.412 e. The van der Waals surface area contributed by atoms with Gasteiger partial charge < -0.3 is 11.2 Å². The number of aromatic nitrogens is 1. The highest BCUT2D eigenvalue weighted by molar-refractivity contribution is 8.00. The van der Waals surface area contributed by atoms with Gasteiger partial charge in [0.2, 0.25) is 0 Å². The van der Waals surface area contributed by atoms with Crippen molar-refractivity contribution in [2.24, 2.45) is 0 Å². The summed E-state index contributed by atoms with van der Waals surface area (Å²) in [4.78, 5) is 4.40. The number of fused-ring (bicyclic) bond motifs is 1. The Hall–Kier alpha value is -0.780. The van der Waals surface area contributed by atoms with E-state index in [1.807, 2.05) is 24.5 Å². The molecular formula is C8H10N2OS2. The molecule has 3 nitrogen and oxygen atoms in total. The van der Waals surface area contributed by atoms with Crippen LogP contribution in [0.4, 0.5) is 5.69 Å². The number of benzene rings is 1. The Balaban J connectivity index is 0.000000845. The Morgan fingerprint density at radius 2 is 2.23 bits per heavy atom. The summed E-state index contributed by atoms with van der Waals surface area (Å²) in [7, 11) is 0. The minimum atomic E-state index is 0. The summed E-state index contributed by atoms with van der Waals surface area (Å²) in [6.07, 6.45) is 2.03. The van der Waals surface area contributed by atoms with E-state index in [1.54, 1.807) is 23.1 Å². The summed E-state index contributed by atoms with van der Waals surface area (Å²) < 4.78 is 2.26. The number of hydrogen-bond donors (Lipinski definition) is 1. The second-order valence-corrected chi connectivity index (χ2v) is 4.50. The zero-order valence-corrected chi connectivity index (χ0v) is 8.71. The fraction of sp³-hybridized carbons (Fsp3) is 0.125. The van der Waals surface area contributed by atoms with Crippen LogP contribution in [0.5, 0.6) is 0 Å². The molecule has 2 aromatic rings. The monoisotopic (exact) mass is 214 g/mol. The highest BCUT2D eigenvalue weighted by Gasteiger charge is 2.01. The quantitative estimate of drug-likeness (QED) is 0.581. The Bertz CT molecular complexity index is 413. The topological polar surface area (TPSA) is 70.4 Å². The third kappa shape index (κ3) is 1.93. The number of hydrogen-bond acceptors (Lipinski definition) is 4. The molecule has 1 heterocycles. The van der Waals surface area contributed by atoms with Gasteiger partial charge in [-0.3, -0.25) is 0 Å². The predicted octanol–water partition coefficient (Wildman–Crippen LogP) is 1.78. The van der Waals surface area contributed by atoms with Crippen LogP contribution >= 0.6 is 23.1 Å². The maximum atomic E-state index is 5.65. The molecule has 0 radical (unpaired) electrons. The number of thioether (sulfide) groups is 1. The number of nitrogen functional groups attached to an aromatic ring is 1. The van der Waals surface area contributed by atoms with Crippen LogP contribution in [0.2, 0.25) is 0 Å². The summed E-state index contributed by atoms with van der Waals surface area (Å²) in [5, 5.41) is 0. The first-order valence-corrected chi connectivity index (χ1v) is 5.54. The molecule has 5 heteroatoms. The molecule has 1 aromatic carbocycles. The first kappa shape index (κ1) is 10.3. The van der Waals surface area contributed by atoms with Crippen molar-refractivity contribution in [2.75, 3.05) is 12.0 Å². The Morgan fingerprint density at radius 1 is 1.46 bits per heavy atom. The zero-order chi connectivity index (χ0) is 8.55. The first-order valence-electron chi connectivity index (χ1n) is 3.49. The molecule has 2 rings (SSSR count). The van der Waals surface area contributed by atoms with Gasteiger partial charge in [0.25, 0.3) is 0 Å². The standard InChI is InChI=1S/C8H8N2S2.H2O/c1-11-8-10-6-3-2-5(9)4-7(6)12-8;/h2-4H,9H2,1H3;1H2. The van der Waals surface area contributed by atoms with E-state index in [0.717, 1.165) is 15.5 Å². The molecule has 0 spiro atoms. The van der Waals surface area contributed by atoms with Crippen molar-refractivity contribution < 1.29 is 5.48 Å². The van der Waals surface area contributed by atoms with E-state index in [-0.39, 0.29) is 5.48 Å². The SMILES string of the molecule is CSc1nc2ccc(N)cc2s1.O. The van der Waals surface area contributed by atoms with Gasteiger partial charge in [-0.25, -0.2) is 4.98 Å². The lowest BCUT2D eigenvalue weighted by Gasteiger charge is -1.88. The van der Waals surface area contributed by atoms with E-state index < -0.39 is 0 Å². The van der Waals surface area contributed by atoms with E-state index in [4.69, 9.17) is 5.73 Å². The molecule has 0 unspecified atom stereocenters. The fourth-order valence-corrected chi connectivity index (χ4v) is 2.55. The molecule has 0 amide bonds. The lowest BCUT2D eigenvalue weighted by atomic mass is 10.3. The molecule has 0 bridgehead atoms. The third-order valence-electron chi connectivity index (χ3n) is 1.57. The van der Waals surface area contributed by atoms with Gasteiger partial charge in [-0.15, -0.1) is 11.3 Å². The third-order valence-corrected chi connectivity index (χ3v) is 3.57. The summed E-state index contributed by atoms with van der Waals surface area (Å²) in [6, 6.07) is 5.81. The number of rotatable bonds is 1. The normalized spacial score (nSPS) is 9.92. The van der Waals surface area contributed by atoms with Crippen molar-refractivity contribution in [3.63, 3.8) is 0 Å². The largest absolute Gasteiger partial charge is 0.412 e. The highest BCUT2D eigenvalue weighted by Crippen LogP contribution is 2.28. The zero-order valence-electron chi connectivity index (χ0n) is 7.07. The van der Waals surface area contributed by atoms with E-state index in [9.17, 15) is 0 Å². The van der Waals surface area contributed by atoms with Crippen LogP contribution in [0.25, 0.3) is 10.2 Å². The smallest absolute Gasteiger partial charge is 0.150 e. The van der Waals surface area contributed by atoms with Gasteiger partial charge in [-0.2, -0.15) is 0 Å². The summed E-state index contributed by atoms with van der Waals surface area (Å²) in [5.41, 5.74) is 7.49. The predicted molar refractivity (Wildman–Crippen MR) is 59.4 cm³/mol. The van der Waals surface area contributed by atoms with Gasteiger partial charge in [-0.1, -0.05) is 11.8 Å². The average Bonchev–Trinajstić information content (AvgIpc) is 2.46. The van der Waals surface area contributed by atoms with Crippen LogP contribution in [0, 0.1) is 0 Å². The van der Waals surface area contributed by atoms with Gasteiger partial charge in [0.1, 0.15) is 0 Å². The van der Waals surface area contributed by atoms with Crippen LogP contribution in [-0.4, -0.2) is 16.7 Å². The van der Waals surface area contributed by atoms with Crippen molar-refractivity contribution in [3.8, 4) is 0 Å².